The van der Waals surface area contributed by atoms with Crippen LogP contribution in [0.25, 0.3) is 0 Å². The van der Waals surface area contributed by atoms with Gasteiger partial charge in [-0.1, -0.05) is 0 Å². The van der Waals surface area contributed by atoms with E-state index in [9.17, 15) is 0 Å². The average Bonchev–Trinajstić information content (AvgIpc) is 2.83. The molecule has 0 spiro atoms. The van der Waals surface area contributed by atoms with Gasteiger partial charge in [0.15, 0.2) is 0 Å². The molecule has 0 atom stereocenters. The Morgan fingerprint density at radius 1 is 0.875 bits per heavy atom. The standard InChI is InChI=1S/C8H4Br2S4Se2/c9-3-4(10)14-5(13-3)8-15-6-7(16-8)12-2-1-11-6/h1-2H2. The van der Waals surface area contributed by atoms with E-state index in [2.05, 4.69) is 55.4 Å². The zero-order valence-electron chi connectivity index (χ0n) is 7.62. The van der Waals surface area contributed by atoms with Gasteiger partial charge in [-0.25, -0.2) is 0 Å². The predicted molar refractivity (Wildman–Crippen MR) is 90.5 cm³/mol. The molecule has 3 aliphatic heterocycles. The Morgan fingerprint density at radius 2 is 1.38 bits per heavy atom. The van der Waals surface area contributed by atoms with Crippen molar-refractivity contribution in [3.8, 4) is 0 Å². The van der Waals surface area contributed by atoms with Crippen LogP contribution in [0.1, 0.15) is 0 Å². The molecule has 0 N–H and O–H groups in total. The summed E-state index contributed by atoms with van der Waals surface area (Å²) in [5, 5.41) is 0. The molecule has 0 unspecified atom stereocenters. The Hall–Kier alpha value is 2.62. The molecule has 0 saturated heterocycles. The van der Waals surface area contributed by atoms with Gasteiger partial charge in [0.1, 0.15) is 0 Å². The van der Waals surface area contributed by atoms with E-state index in [4.69, 9.17) is 0 Å². The van der Waals surface area contributed by atoms with Crippen molar-refractivity contribution in [1.82, 2.24) is 0 Å². The zero-order valence-corrected chi connectivity index (χ0v) is 17.5. The van der Waals surface area contributed by atoms with Gasteiger partial charge < -0.3 is 0 Å². The Bertz CT molecular complexity index is 407. The van der Waals surface area contributed by atoms with Crippen molar-refractivity contribution in [3.63, 3.8) is 0 Å². The molecule has 0 aromatic heterocycles. The van der Waals surface area contributed by atoms with Gasteiger partial charge in [-0.15, -0.1) is 0 Å². The zero-order chi connectivity index (χ0) is 11.1. The van der Waals surface area contributed by atoms with Gasteiger partial charge in [0.2, 0.25) is 0 Å². The molecule has 0 bridgehead atoms. The third-order valence-electron chi connectivity index (χ3n) is 1.77. The second-order valence-electron chi connectivity index (χ2n) is 2.80. The van der Waals surface area contributed by atoms with Gasteiger partial charge >= 0.3 is 143 Å². The molecule has 0 nitrogen and oxygen atoms in total. The molecule has 8 heteroatoms. The van der Waals surface area contributed by atoms with Crippen molar-refractivity contribution in [3.05, 3.63) is 22.8 Å². The van der Waals surface area contributed by atoms with Crippen molar-refractivity contribution < 1.29 is 0 Å². The Labute approximate surface area is 141 Å². The van der Waals surface area contributed by atoms with Crippen LogP contribution in [0.5, 0.6) is 0 Å². The van der Waals surface area contributed by atoms with E-state index in [0.717, 1.165) is 0 Å². The van der Waals surface area contributed by atoms with Gasteiger partial charge in [-0.2, -0.15) is 0 Å². The summed E-state index contributed by atoms with van der Waals surface area (Å²) >= 11 is 16.5. The summed E-state index contributed by atoms with van der Waals surface area (Å²) in [6.07, 6.45) is 0. The second kappa shape index (κ2) is 5.94. The summed E-state index contributed by atoms with van der Waals surface area (Å²) in [6, 6.07) is 0. The minimum atomic E-state index is 0.633. The average molecular weight is 546 g/mol. The van der Waals surface area contributed by atoms with E-state index in [-0.39, 0.29) is 0 Å². The summed E-state index contributed by atoms with van der Waals surface area (Å²) in [7, 11) is 0. The van der Waals surface area contributed by atoms with Crippen LogP contribution in [0.3, 0.4) is 0 Å². The van der Waals surface area contributed by atoms with Gasteiger partial charge in [0, 0.05) is 0 Å². The summed E-state index contributed by atoms with van der Waals surface area (Å²) in [6.45, 7) is 0. The van der Waals surface area contributed by atoms with E-state index in [1.807, 2.05) is 23.5 Å². The molecule has 3 heterocycles. The second-order valence-corrected chi connectivity index (χ2v) is 16.7. The maximum atomic E-state index is 3.60. The Morgan fingerprint density at radius 3 is 1.88 bits per heavy atom. The van der Waals surface area contributed by atoms with Crippen LogP contribution < -0.4 is 0 Å². The monoisotopic (exact) mass is 546 g/mol. The summed E-state index contributed by atoms with van der Waals surface area (Å²) < 4.78 is 9.23. The molecular weight excluding hydrogens is 542 g/mol. The van der Waals surface area contributed by atoms with Crippen molar-refractivity contribution >= 4 is 109 Å². The van der Waals surface area contributed by atoms with Gasteiger partial charge in [-0.05, 0) is 0 Å². The van der Waals surface area contributed by atoms with Crippen LogP contribution in [-0.4, -0.2) is 41.4 Å². The molecule has 3 rings (SSSR count). The van der Waals surface area contributed by atoms with E-state index >= 15 is 0 Å². The molecule has 16 heavy (non-hydrogen) atoms. The summed E-state index contributed by atoms with van der Waals surface area (Å²) in [5.74, 6) is 2.63. The Kier molecular flexibility index (Phi) is 5.05. The number of rotatable bonds is 0. The summed E-state index contributed by atoms with van der Waals surface area (Å²) in [4.78, 5) is 0. The van der Waals surface area contributed by atoms with Crippen molar-refractivity contribution in [1.29, 1.82) is 0 Å². The van der Waals surface area contributed by atoms with Gasteiger partial charge in [0.25, 0.3) is 0 Å². The number of hydrogen-bond acceptors (Lipinski definition) is 4. The minimum absolute atomic E-state index is 0.633. The third kappa shape index (κ3) is 2.86. The van der Waals surface area contributed by atoms with Crippen LogP contribution in [0.2, 0.25) is 0 Å². The fourth-order valence-electron chi connectivity index (χ4n) is 1.15. The number of halogens is 2. The molecule has 3 aliphatic rings. The molecule has 0 fully saturated rings. The predicted octanol–water partition coefficient (Wildman–Crippen LogP) is 4.54. The molecule has 0 amide bonds. The van der Waals surface area contributed by atoms with Crippen molar-refractivity contribution in [2.45, 2.75) is 0 Å². The molecule has 0 saturated carbocycles. The van der Waals surface area contributed by atoms with E-state index in [1.54, 1.807) is 11.0 Å². The first-order valence-electron chi connectivity index (χ1n) is 4.25. The third-order valence-corrected chi connectivity index (χ3v) is 18.7. The van der Waals surface area contributed by atoms with Crippen LogP contribution in [0.4, 0.5) is 0 Å². The van der Waals surface area contributed by atoms with Crippen LogP contribution in [0.15, 0.2) is 22.8 Å². The molecule has 0 aliphatic carbocycles. The molecule has 0 radical (unpaired) electrons. The van der Waals surface area contributed by atoms with Crippen molar-refractivity contribution in [2.24, 2.45) is 0 Å². The maximum absolute atomic E-state index is 3.60. The quantitative estimate of drug-likeness (QED) is 0.410. The van der Waals surface area contributed by atoms with E-state index in [0.29, 0.717) is 29.9 Å². The number of thioether (sulfide) groups is 4. The molecule has 0 aromatic carbocycles. The topological polar surface area (TPSA) is 0 Å². The fourth-order valence-corrected chi connectivity index (χ4v) is 18.2. The van der Waals surface area contributed by atoms with Crippen molar-refractivity contribution in [2.75, 3.05) is 11.5 Å². The van der Waals surface area contributed by atoms with E-state index < -0.39 is 0 Å². The van der Waals surface area contributed by atoms with Gasteiger partial charge in [-0.3, -0.25) is 0 Å². The molecule has 0 aromatic rings. The Balaban J connectivity index is 1.79. The normalized spacial score (nSPS) is 25.9. The number of hydrogen-bond donors (Lipinski definition) is 0. The van der Waals surface area contributed by atoms with Crippen LogP contribution in [0, 0.1) is 0 Å². The SMILES string of the molecule is BrC1=C(Br)SC(=C2[Se]C3=C(SCCS3)[Se]2)S1. The van der Waals surface area contributed by atoms with E-state index in [1.165, 1.54) is 23.4 Å². The first kappa shape index (κ1) is 13.6. The fraction of sp³-hybridized carbons (Fsp3) is 0.250. The van der Waals surface area contributed by atoms with Gasteiger partial charge in [0.05, 0.1) is 0 Å². The molecular formula is C8H4Br2S4Se2. The summed E-state index contributed by atoms with van der Waals surface area (Å²) in [5.41, 5.74) is 0. The first-order valence-corrected chi connectivity index (χ1v) is 12.9. The van der Waals surface area contributed by atoms with Crippen LogP contribution in [-0.2, 0) is 0 Å². The van der Waals surface area contributed by atoms with Crippen LogP contribution >= 0.6 is 78.9 Å². The first-order chi connectivity index (χ1) is 7.74. The molecule has 86 valence electrons.